The van der Waals surface area contributed by atoms with Gasteiger partial charge in [0.15, 0.2) is 0 Å². The van der Waals surface area contributed by atoms with Gasteiger partial charge in [-0.05, 0) is 11.6 Å². The van der Waals surface area contributed by atoms with Crippen molar-refractivity contribution in [2.45, 2.75) is 12.3 Å². The van der Waals surface area contributed by atoms with Gasteiger partial charge < -0.3 is 5.11 Å². The Morgan fingerprint density at radius 2 is 1.95 bits per heavy atom. The average Bonchev–Trinajstić information content (AvgIpc) is 2.67. The van der Waals surface area contributed by atoms with Crippen molar-refractivity contribution in [3.05, 3.63) is 52.3 Å². The molecule has 1 atom stereocenters. The molecule has 0 aliphatic heterocycles. The summed E-state index contributed by atoms with van der Waals surface area (Å²) < 4.78 is 39.9. The molecular formula is C12H10ClF3N2O. The van der Waals surface area contributed by atoms with Crippen molar-refractivity contribution in [2.24, 2.45) is 7.05 Å². The molecule has 2 aromatic rings. The molecule has 0 saturated heterocycles. The summed E-state index contributed by atoms with van der Waals surface area (Å²) in [7, 11) is 1.50. The number of aromatic nitrogens is 2. The molecule has 1 unspecified atom stereocenters. The Labute approximate surface area is 112 Å². The average molecular weight is 291 g/mol. The van der Waals surface area contributed by atoms with Gasteiger partial charge in [-0.15, -0.1) is 0 Å². The number of nitrogens with zero attached hydrogens (tertiary/aromatic N) is 2. The number of aliphatic hydroxyl groups is 1. The van der Waals surface area contributed by atoms with Gasteiger partial charge in [-0.25, -0.2) is 0 Å². The number of rotatable bonds is 2. The molecule has 0 amide bonds. The molecule has 0 aliphatic rings. The van der Waals surface area contributed by atoms with Crippen LogP contribution in [0.3, 0.4) is 0 Å². The highest BCUT2D eigenvalue weighted by Gasteiger charge is 2.35. The van der Waals surface area contributed by atoms with Crippen molar-refractivity contribution in [1.82, 2.24) is 9.78 Å². The lowest BCUT2D eigenvalue weighted by Crippen LogP contribution is -2.14. The molecule has 0 spiro atoms. The lowest BCUT2D eigenvalue weighted by atomic mass is 10.00. The van der Waals surface area contributed by atoms with E-state index in [9.17, 15) is 18.3 Å². The molecule has 0 bridgehead atoms. The summed E-state index contributed by atoms with van der Waals surface area (Å²) in [5.41, 5.74) is -1.02. The Morgan fingerprint density at radius 3 is 2.47 bits per heavy atom. The number of aryl methyl sites for hydroxylation is 1. The van der Waals surface area contributed by atoms with E-state index in [-0.39, 0.29) is 16.3 Å². The standard InChI is InChI=1S/C12H10ClF3N2O/c1-18-10(9(13)6-17-18)11(19)7-4-2-3-5-8(7)12(14,15)16/h2-6,11,19H,1H3. The van der Waals surface area contributed by atoms with Crippen LogP contribution in [-0.2, 0) is 13.2 Å². The van der Waals surface area contributed by atoms with Crippen molar-refractivity contribution >= 4 is 11.6 Å². The molecule has 1 N–H and O–H groups in total. The van der Waals surface area contributed by atoms with E-state index in [1.165, 1.54) is 36.1 Å². The third kappa shape index (κ3) is 2.59. The first-order chi connectivity index (χ1) is 8.82. The molecule has 1 aromatic heterocycles. The quantitative estimate of drug-likeness (QED) is 0.922. The second-order valence-corrected chi connectivity index (χ2v) is 4.40. The number of hydrogen-bond donors (Lipinski definition) is 1. The predicted molar refractivity (Wildman–Crippen MR) is 63.7 cm³/mol. The van der Waals surface area contributed by atoms with E-state index in [0.717, 1.165) is 6.07 Å². The van der Waals surface area contributed by atoms with Crippen molar-refractivity contribution in [1.29, 1.82) is 0 Å². The van der Waals surface area contributed by atoms with E-state index in [0.29, 0.717) is 0 Å². The fraction of sp³-hybridized carbons (Fsp3) is 0.250. The summed E-state index contributed by atoms with van der Waals surface area (Å²) >= 11 is 5.83. The number of aliphatic hydroxyl groups excluding tert-OH is 1. The van der Waals surface area contributed by atoms with Crippen LogP contribution in [0.2, 0.25) is 5.02 Å². The number of benzene rings is 1. The van der Waals surface area contributed by atoms with Crippen molar-refractivity contribution in [2.75, 3.05) is 0 Å². The predicted octanol–water partition coefficient (Wildman–Crippen LogP) is 3.17. The second-order valence-electron chi connectivity index (χ2n) is 3.99. The van der Waals surface area contributed by atoms with Gasteiger partial charge >= 0.3 is 6.18 Å². The molecule has 1 heterocycles. The maximum atomic E-state index is 12.9. The van der Waals surface area contributed by atoms with E-state index < -0.39 is 17.8 Å². The third-order valence-corrected chi connectivity index (χ3v) is 3.05. The van der Waals surface area contributed by atoms with Crippen LogP contribution in [0.5, 0.6) is 0 Å². The number of halogens is 4. The van der Waals surface area contributed by atoms with Gasteiger partial charge in [-0.2, -0.15) is 18.3 Å². The van der Waals surface area contributed by atoms with Gasteiger partial charge in [0, 0.05) is 7.05 Å². The largest absolute Gasteiger partial charge is 0.416 e. The molecule has 0 fully saturated rings. The summed E-state index contributed by atoms with van der Waals surface area (Å²) in [6.45, 7) is 0. The minimum absolute atomic E-state index is 0.118. The first kappa shape index (κ1) is 13.9. The van der Waals surface area contributed by atoms with Crippen molar-refractivity contribution in [3.63, 3.8) is 0 Å². The topological polar surface area (TPSA) is 38.0 Å². The molecule has 3 nitrogen and oxygen atoms in total. The van der Waals surface area contributed by atoms with Crippen LogP contribution in [0.15, 0.2) is 30.5 Å². The zero-order valence-corrected chi connectivity index (χ0v) is 10.6. The van der Waals surface area contributed by atoms with Crippen LogP contribution in [0.4, 0.5) is 13.2 Å². The summed E-state index contributed by atoms with van der Waals surface area (Å²) in [6.07, 6.45) is -4.75. The minimum atomic E-state index is -4.54. The number of alkyl halides is 3. The van der Waals surface area contributed by atoms with Gasteiger partial charge in [-0.3, -0.25) is 4.68 Å². The smallest absolute Gasteiger partial charge is 0.382 e. The molecule has 1 aromatic carbocycles. The molecule has 2 rings (SSSR count). The van der Waals surface area contributed by atoms with E-state index in [2.05, 4.69) is 5.10 Å². The van der Waals surface area contributed by atoms with Gasteiger partial charge in [0.25, 0.3) is 0 Å². The molecule has 7 heteroatoms. The number of hydrogen-bond acceptors (Lipinski definition) is 2. The maximum Gasteiger partial charge on any atom is 0.416 e. The zero-order valence-electron chi connectivity index (χ0n) is 9.82. The Kier molecular flexibility index (Phi) is 3.56. The first-order valence-corrected chi connectivity index (χ1v) is 5.71. The normalized spacial score (nSPS) is 13.6. The summed E-state index contributed by atoms with van der Waals surface area (Å²) in [6, 6.07) is 4.83. The fourth-order valence-electron chi connectivity index (χ4n) is 1.87. The molecule has 0 saturated carbocycles. The van der Waals surface area contributed by atoms with Crippen LogP contribution in [0.25, 0.3) is 0 Å². The van der Waals surface area contributed by atoms with Gasteiger partial charge in [-0.1, -0.05) is 29.8 Å². The Bertz CT molecular complexity index is 575. The SMILES string of the molecule is Cn1ncc(Cl)c1C(O)c1ccccc1C(F)(F)F. The van der Waals surface area contributed by atoms with Crippen LogP contribution >= 0.6 is 11.6 Å². The minimum Gasteiger partial charge on any atom is -0.382 e. The molecule has 19 heavy (non-hydrogen) atoms. The first-order valence-electron chi connectivity index (χ1n) is 5.34. The van der Waals surface area contributed by atoms with Crippen LogP contribution in [0, 0.1) is 0 Å². The van der Waals surface area contributed by atoms with Crippen LogP contribution < -0.4 is 0 Å². The Balaban J connectivity index is 2.54. The van der Waals surface area contributed by atoms with Crippen molar-refractivity contribution < 1.29 is 18.3 Å². The van der Waals surface area contributed by atoms with E-state index >= 15 is 0 Å². The van der Waals surface area contributed by atoms with E-state index in [1.807, 2.05) is 0 Å². The summed E-state index contributed by atoms with van der Waals surface area (Å²) in [4.78, 5) is 0. The molecule has 102 valence electrons. The fourth-order valence-corrected chi connectivity index (χ4v) is 2.14. The molecular weight excluding hydrogens is 281 g/mol. The van der Waals surface area contributed by atoms with Gasteiger partial charge in [0.05, 0.1) is 22.5 Å². The summed E-state index contributed by atoms with van der Waals surface area (Å²) in [5, 5.41) is 14.1. The highest BCUT2D eigenvalue weighted by atomic mass is 35.5. The van der Waals surface area contributed by atoms with Crippen molar-refractivity contribution in [3.8, 4) is 0 Å². The Hall–Kier alpha value is -1.53. The second kappa shape index (κ2) is 4.86. The van der Waals surface area contributed by atoms with Crippen LogP contribution in [-0.4, -0.2) is 14.9 Å². The highest BCUT2D eigenvalue weighted by Crippen LogP contribution is 2.37. The van der Waals surface area contributed by atoms with Crippen LogP contribution in [0.1, 0.15) is 22.9 Å². The summed E-state index contributed by atoms with van der Waals surface area (Å²) in [5.74, 6) is 0. The lowest BCUT2D eigenvalue weighted by molar-refractivity contribution is -0.139. The molecule has 0 aliphatic carbocycles. The maximum absolute atomic E-state index is 12.9. The zero-order chi connectivity index (χ0) is 14.2. The van der Waals surface area contributed by atoms with Gasteiger partial charge in [0.2, 0.25) is 0 Å². The van der Waals surface area contributed by atoms with Gasteiger partial charge in [0.1, 0.15) is 6.10 Å². The van der Waals surface area contributed by atoms with E-state index in [1.54, 1.807) is 0 Å². The highest BCUT2D eigenvalue weighted by molar-refractivity contribution is 6.31. The molecule has 0 radical (unpaired) electrons. The lowest BCUT2D eigenvalue weighted by Gasteiger charge is -2.18. The Morgan fingerprint density at radius 1 is 1.32 bits per heavy atom. The monoisotopic (exact) mass is 290 g/mol. The third-order valence-electron chi connectivity index (χ3n) is 2.76. The van der Waals surface area contributed by atoms with E-state index in [4.69, 9.17) is 11.6 Å².